The zero-order chi connectivity index (χ0) is 19.5. The Morgan fingerprint density at radius 2 is 1.93 bits per heavy atom. The SMILES string of the molecule is c1coc(CN(Cc2cccs2)C(c2cccs2)c2nnnn2C2CCCC2)c1. The van der Waals surface area contributed by atoms with E-state index in [1.807, 2.05) is 12.1 Å². The summed E-state index contributed by atoms with van der Waals surface area (Å²) in [5.74, 6) is 1.88. The van der Waals surface area contributed by atoms with Crippen LogP contribution in [0.25, 0.3) is 0 Å². The number of thiophene rings is 2. The first-order valence-corrected chi connectivity index (χ1v) is 11.7. The summed E-state index contributed by atoms with van der Waals surface area (Å²) in [5, 5.41) is 17.3. The first-order chi connectivity index (χ1) is 14.4. The highest BCUT2D eigenvalue weighted by Gasteiger charge is 2.32. The summed E-state index contributed by atoms with van der Waals surface area (Å²) >= 11 is 3.53. The highest BCUT2D eigenvalue weighted by atomic mass is 32.1. The molecule has 0 N–H and O–H groups in total. The third kappa shape index (κ3) is 4.05. The van der Waals surface area contributed by atoms with Crippen LogP contribution in [0.3, 0.4) is 0 Å². The Balaban J connectivity index is 1.55. The van der Waals surface area contributed by atoms with Gasteiger partial charge in [-0.1, -0.05) is 25.0 Å². The second kappa shape index (κ2) is 8.61. The van der Waals surface area contributed by atoms with Gasteiger partial charge in [-0.15, -0.1) is 27.8 Å². The van der Waals surface area contributed by atoms with Crippen LogP contribution >= 0.6 is 22.7 Å². The molecule has 0 amide bonds. The molecule has 1 unspecified atom stereocenters. The first kappa shape index (κ1) is 18.7. The second-order valence-corrected chi connectivity index (χ2v) is 9.41. The average molecular weight is 426 g/mol. The molecular weight excluding hydrogens is 402 g/mol. The van der Waals surface area contributed by atoms with Gasteiger partial charge in [-0.05, 0) is 58.3 Å². The van der Waals surface area contributed by atoms with Gasteiger partial charge in [0.05, 0.1) is 18.8 Å². The molecule has 1 atom stereocenters. The lowest BCUT2D eigenvalue weighted by molar-refractivity contribution is 0.181. The first-order valence-electron chi connectivity index (χ1n) is 9.98. The maximum absolute atomic E-state index is 5.70. The van der Waals surface area contributed by atoms with Gasteiger partial charge in [-0.3, -0.25) is 4.90 Å². The molecule has 0 aromatic carbocycles. The van der Waals surface area contributed by atoms with Crippen LogP contribution in [0.4, 0.5) is 0 Å². The maximum Gasteiger partial charge on any atom is 0.174 e. The molecule has 0 saturated heterocycles. The zero-order valence-corrected chi connectivity index (χ0v) is 17.7. The fourth-order valence-corrected chi connectivity index (χ4v) is 5.73. The Bertz CT molecular complexity index is 952. The number of nitrogens with zero attached hydrogens (tertiary/aromatic N) is 5. The largest absolute Gasteiger partial charge is 0.468 e. The molecule has 8 heteroatoms. The van der Waals surface area contributed by atoms with Crippen LogP contribution in [0.15, 0.2) is 57.8 Å². The summed E-state index contributed by atoms with van der Waals surface area (Å²) in [6.07, 6.45) is 6.54. The van der Waals surface area contributed by atoms with Gasteiger partial charge in [-0.2, -0.15) is 0 Å². The average Bonchev–Trinajstić information content (AvgIpc) is 3.55. The van der Waals surface area contributed by atoms with Gasteiger partial charge in [-0.25, -0.2) is 4.68 Å². The lowest BCUT2D eigenvalue weighted by Gasteiger charge is -2.30. The van der Waals surface area contributed by atoms with Crippen LogP contribution in [-0.2, 0) is 13.1 Å². The predicted octanol–water partition coefficient (Wildman–Crippen LogP) is 5.30. The molecule has 0 radical (unpaired) electrons. The number of furan rings is 1. The number of tetrazole rings is 1. The van der Waals surface area contributed by atoms with E-state index in [1.54, 1.807) is 28.9 Å². The fourth-order valence-electron chi connectivity index (χ4n) is 4.15. The van der Waals surface area contributed by atoms with E-state index in [-0.39, 0.29) is 6.04 Å². The number of hydrogen-bond acceptors (Lipinski definition) is 7. The van der Waals surface area contributed by atoms with Crippen molar-refractivity contribution in [3.8, 4) is 0 Å². The summed E-state index contributed by atoms with van der Waals surface area (Å²) in [4.78, 5) is 4.99. The highest BCUT2D eigenvalue weighted by molar-refractivity contribution is 7.10. The van der Waals surface area contributed by atoms with E-state index >= 15 is 0 Å². The lowest BCUT2D eigenvalue weighted by Crippen LogP contribution is -2.31. The van der Waals surface area contributed by atoms with Crippen LogP contribution in [0, 0.1) is 0 Å². The van der Waals surface area contributed by atoms with E-state index in [9.17, 15) is 0 Å². The van der Waals surface area contributed by atoms with Gasteiger partial charge in [0.1, 0.15) is 11.8 Å². The minimum Gasteiger partial charge on any atom is -0.468 e. The number of aromatic nitrogens is 4. The lowest BCUT2D eigenvalue weighted by atomic mass is 10.1. The normalized spacial score (nSPS) is 16.0. The molecule has 4 aromatic heterocycles. The summed E-state index contributed by atoms with van der Waals surface area (Å²) < 4.78 is 7.79. The molecule has 1 saturated carbocycles. The van der Waals surface area contributed by atoms with Crippen molar-refractivity contribution in [2.45, 2.75) is 50.9 Å². The van der Waals surface area contributed by atoms with Crippen LogP contribution in [0.2, 0.25) is 0 Å². The van der Waals surface area contributed by atoms with Crippen molar-refractivity contribution in [3.63, 3.8) is 0 Å². The minimum atomic E-state index is -0.0159. The number of rotatable bonds is 8. The third-order valence-corrected chi connectivity index (χ3v) is 7.28. The number of hydrogen-bond donors (Lipinski definition) is 0. The zero-order valence-electron chi connectivity index (χ0n) is 16.1. The third-order valence-electron chi connectivity index (χ3n) is 5.49. The Morgan fingerprint density at radius 3 is 2.66 bits per heavy atom. The van der Waals surface area contributed by atoms with Gasteiger partial charge >= 0.3 is 0 Å². The molecular formula is C21H23N5OS2. The molecule has 1 aliphatic carbocycles. The van der Waals surface area contributed by atoms with Crippen LogP contribution in [-0.4, -0.2) is 25.1 Å². The van der Waals surface area contributed by atoms with Crippen molar-refractivity contribution in [2.75, 3.05) is 0 Å². The van der Waals surface area contributed by atoms with E-state index in [4.69, 9.17) is 4.42 Å². The Labute approximate surface area is 177 Å². The standard InChI is InChI=1S/C21H23N5OS2/c1-2-7-16(6-1)26-21(22-23-24-26)20(19-10-5-13-29-19)25(14-17-8-3-11-27-17)15-18-9-4-12-28-18/h3-5,8-13,16,20H,1-2,6-7,14-15H2. The fraction of sp³-hybridized carbons (Fsp3) is 0.381. The Hall–Kier alpha value is -2.29. The van der Waals surface area contributed by atoms with E-state index in [2.05, 4.69) is 60.1 Å². The van der Waals surface area contributed by atoms with E-state index in [0.717, 1.165) is 31.0 Å². The van der Waals surface area contributed by atoms with Crippen molar-refractivity contribution in [3.05, 3.63) is 74.8 Å². The molecule has 0 aliphatic heterocycles. The molecule has 0 spiro atoms. The van der Waals surface area contributed by atoms with Gasteiger partial charge in [0.2, 0.25) is 0 Å². The molecule has 150 valence electrons. The molecule has 4 aromatic rings. The molecule has 0 bridgehead atoms. The molecule has 4 heterocycles. The second-order valence-electron chi connectivity index (χ2n) is 7.40. The van der Waals surface area contributed by atoms with Gasteiger partial charge in [0, 0.05) is 16.3 Å². The monoisotopic (exact) mass is 425 g/mol. The van der Waals surface area contributed by atoms with Crippen LogP contribution < -0.4 is 0 Å². The summed E-state index contributed by atoms with van der Waals surface area (Å²) in [6, 6.07) is 12.9. The van der Waals surface area contributed by atoms with Crippen molar-refractivity contribution in [1.82, 2.24) is 25.1 Å². The van der Waals surface area contributed by atoms with Gasteiger partial charge in [0.15, 0.2) is 5.82 Å². The Morgan fingerprint density at radius 1 is 1.07 bits per heavy atom. The van der Waals surface area contributed by atoms with E-state index in [1.165, 1.54) is 22.6 Å². The van der Waals surface area contributed by atoms with Crippen molar-refractivity contribution < 1.29 is 4.42 Å². The predicted molar refractivity (Wildman–Crippen MR) is 114 cm³/mol. The summed E-state index contributed by atoms with van der Waals surface area (Å²) in [7, 11) is 0. The van der Waals surface area contributed by atoms with E-state index < -0.39 is 0 Å². The Kier molecular flexibility index (Phi) is 5.56. The smallest absolute Gasteiger partial charge is 0.174 e. The topological polar surface area (TPSA) is 60.0 Å². The molecule has 29 heavy (non-hydrogen) atoms. The van der Waals surface area contributed by atoms with Crippen molar-refractivity contribution in [1.29, 1.82) is 0 Å². The quantitative estimate of drug-likeness (QED) is 0.384. The molecule has 5 rings (SSSR count). The van der Waals surface area contributed by atoms with Crippen molar-refractivity contribution >= 4 is 22.7 Å². The van der Waals surface area contributed by atoms with Crippen LogP contribution in [0.5, 0.6) is 0 Å². The summed E-state index contributed by atoms with van der Waals surface area (Å²) in [5.41, 5.74) is 0. The van der Waals surface area contributed by atoms with Gasteiger partial charge < -0.3 is 4.42 Å². The van der Waals surface area contributed by atoms with Crippen LogP contribution in [0.1, 0.15) is 59.1 Å². The van der Waals surface area contributed by atoms with Crippen molar-refractivity contribution in [2.24, 2.45) is 0 Å². The highest BCUT2D eigenvalue weighted by Crippen LogP contribution is 2.37. The minimum absolute atomic E-state index is 0.0159. The maximum atomic E-state index is 5.70. The van der Waals surface area contributed by atoms with Gasteiger partial charge in [0.25, 0.3) is 0 Å². The summed E-state index contributed by atoms with van der Waals surface area (Å²) in [6.45, 7) is 1.52. The van der Waals surface area contributed by atoms with E-state index in [0.29, 0.717) is 12.6 Å². The molecule has 6 nitrogen and oxygen atoms in total. The molecule has 1 fully saturated rings. The molecule has 1 aliphatic rings.